The number of rotatable bonds is 1. The van der Waals surface area contributed by atoms with Gasteiger partial charge in [0.25, 0.3) is 5.91 Å². The molecule has 7 heteroatoms. The van der Waals surface area contributed by atoms with Crippen LogP contribution in [-0.2, 0) is 9.53 Å². The zero-order valence-corrected chi connectivity index (χ0v) is 8.24. The number of hydrogen-bond acceptors (Lipinski definition) is 5. The molecule has 0 saturated carbocycles. The number of aromatic nitrogens is 1. The zero-order chi connectivity index (χ0) is 11.7. The predicted molar refractivity (Wildman–Crippen MR) is 49.7 cm³/mol. The maximum Gasteiger partial charge on any atom is 0.359 e. The summed E-state index contributed by atoms with van der Waals surface area (Å²) in [6.07, 6.45) is 0. The lowest BCUT2D eigenvalue weighted by molar-refractivity contribution is -0.118. The van der Waals surface area contributed by atoms with Gasteiger partial charge in [-0.3, -0.25) is 4.79 Å². The molecule has 0 unspecified atom stereocenters. The Bertz CT molecular complexity index is 475. The largest absolute Gasteiger partial charge is 0.480 e. The molecule has 0 aliphatic carbocycles. The summed E-state index contributed by atoms with van der Waals surface area (Å²) in [6.45, 7) is -0.203. The second-order valence-corrected chi connectivity index (χ2v) is 2.99. The van der Waals surface area contributed by atoms with Gasteiger partial charge in [-0.15, -0.1) is 0 Å². The van der Waals surface area contributed by atoms with Crippen LogP contribution in [0.3, 0.4) is 0 Å². The zero-order valence-electron chi connectivity index (χ0n) is 8.24. The van der Waals surface area contributed by atoms with Crippen LogP contribution in [0.25, 0.3) is 0 Å². The van der Waals surface area contributed by atoms with E-state index < -0.39 is 23.4 Å². The maximum absolute atomic E-state index is 13.4. The van der Waals surface area contributed by atoms with Crippen LogP contribution in [0.15, 0.2) is 6.07 Å². The molecule has 0 spiro atoms. The van der Waals surface area contributed by atoms with Crippen LogP contribution < -0.4 is 10.1 Å². The summed E-state index contributed by atoms with van der Waals surface area (Å²) in [5, 5.41) is 2.36. The van der Waals surface area contributed by atoms with Gasteiger partial charge >= 0.3 is 5.97 Å². The lowest BCUT2D eigenvalue weighted by Crippen LogP contribution is -2.27. The fourth-order valence-electron chi connectivity index (χ4n) is 1.22. The Labute approximate surface area is 89.4 Å². The first-order chi connectivity index (χ1) is 7.61. The van der Waals surface area contributed by atoms with Crippen molar-refractivity contribution in [2.24, 2.45) is 0 Å². The van der Waals surface area contributed by atoms with Gasteiger partial charge in [-0.1, -0.05) is 0 Å². The summed E-state index contributed by atoms with van der Waals surface area (Å²) in [5.74, 6) is -2.09. The number of fused-ring (bicyclic) bond motifs is 1. The molecule has 6 nitrogen and oxygen atoms in total. The molecule has 0 aromatic carbocycles. The molecule has 0 saturated heterocycles. The van der Waals surface area contributed by atoms with Gasteiger partial charge in [-0.2, -0.15) is 0 Å². The molecule has 0 bridgehead atoms. The van der Waals surface area contributed by atoms with Crippen molar-refractivity contribution in [2.45, 2.75) is 0 Å². The molecular weight excluding hydrogens is 219 g/mol. The van der Waals surface area contributed by atoms with Crippen molar-refractivity contribution in [2.75, 3.05) is 19.0 Å². The molecule has 1 aliphatic heterocycles. The molecule has 0 fully saturated rings. The van der Waals surface area contributed by atoms with E-state index in [1.807, 2.05) is 0 Å². The number of carbonyl (C=O) groups is 2. The second kappa shape index (κ2) is 3.76. The number of nitrogens with one attached hydrogen (secondary N) is 1. The first-order valence-electron chi connectivity index (χ1n) is 4.33. The van der Waals surface area contributed by atoms with E-state index in [1.54, 1.807) is 0 Å². The van der Waals surface area contributed by atoms with Gasteiger partial charge in [-0.05, 0) is 0 Å². The van der Waals surface area contributed by atoms with Crippen molar-refractivity contribution in [1.82, 2.24) is 4.98 Å². The van der Waals surface area contributed by atoms with Crippen LogP contribution in [-0.4, -0.2) is 30.6 Å². The van der Waals surface area contributed by atoms with Gasteiger partial charge in [0, 0.05) is 6.07 Å². The average molecular weight is 226 g/mol. The number of halogens is 1. The smallest absolute Gasteiger partial charge is 0.359 e. The maximum atomic E-state index is 13.4. The number of nitrogens with zero attached hydrogens (tertiary/aromatic N) is 1. The molecule has 1 N–H and O–H groups in total. The van der Waals surface area contributed by atoms with E-state index in [0.717, 1.165) is 13.2 Å². The highest BCUT2D eigenvalue weighted by molar-refractivity contribution is 5.95. The van der Waals surface area contributed by atoms with Gasteiger partial charge in [-0.25, -0.2) is 14.2 Å². The Morgan fingerprint density at radius 1 is 1.69 bits per heavy atom. The third-order valence-electron chi connectivity index (χ3n) is 1.94. The fourth-order valence-corrected chi connectivity index (χ4v) is 1.22. The summed E-state index contributed by atoms with van der Waals surface area (Å²) in [4.78, 5) is 25.7. The number of hydrogen-bond donors (Lipinski definition) is 1. The van der Waals surface area contributed by atoms with Crippen molar-refractivity contribution >= 4 is 17.7 Å². The van der Waals surface area contributed by atoms with E-state index in [2.05, 4.69) is 15.0 Å². The highest BCUT2D eigenvalue weighted by Gasteiger charge is 2.23. The van der Waals surface area contributed by atoms with Crippen LogP contribution in [0.1, 0.15) is 10.5 Å². The van der Waals surface area contributed by atoms with E-state index in [1.165, 1.54) is 0 Å². The van der Waals surface area contributed by atoms with E-state index in [9.17, 15) is 14.0 Å². The van der Waals surface area contributed by atoms with Gasteiger partial charge in [0.15, 0.2) is 29.7 Å². The van der Waals surface area contributed by atoms with Crippen LogP contribution in [0.4, 0.5) is 10.2 Å². The highest BCUT2D eigenvalue weighted by atomic mass is 19.1. The number of amides is 1. The number of pyridine rings is 1. The molecule has 0 radical (unpaired) electrons. The summed E-state index contributed by atoms with van der Waals surface area (Å²) in [7, 11) is 1.11. The Balaban J connectivity index is 2.46. The van der Waals surface area contributed by atoms with E-state index in [-0.39, 0.29) is 18.2 Å². The van der Waals surface area contributed by atoms with Crippen LogP contribution in [0.5, 0.6) is 5.75 Å². The molecular formula is C9H7FN2O4. The molecule has 1 amide bonds. The van der Waals surface area contributed by atoms with Gasteiger partial charge in [0.1, 0.15) is 0 Å². The molecule has 2 rings (SSSR count). The monoisotopic (exact) mass is 226 g/mol. The number of methoxy groups -OCH3 is 1. The summed E-state index contributed by atoms with van der Waals surface area (Å²) in [6, 6.07) is 0.980. The van der Waals surface area contributed by atoms with E-state index >= 15 is 0 Å². The minimum Gasteiger partial charge on any atom is -0.480 e. The lowest BCUT2D eigenvalue weighted by Gasteiger charge is -2.17. The van der Waals surface area contributed by atoms with Gasteiger partial charge in [0.2, 0.25) is 0 Å². The Morgan fingerprint density at radius 3 is 3.12 bits per heavy atom. The third-order valence-corrected chi connectivity index (χ3v) is 1.94. The topological polar surface area (TPSA) is 77.5 Å². The predicted octanol–water partition coefficient (Wildman–Crippen LogP) is 0.338. The summed E-state index contributed by atoms with van der Waals surface area (Å²) < 4.78 is 22.6. The number of carbonyl (C=O) groups excluding carboxylic acids is 2. The standard InChI is InChI=1S/C9H7FN2O4/c1-15-9(14)7-4(10)2-5-8(12-7)11-6(13)3-16-5/h2H,3H2,1H3,(H,11,12,13). The van der Waals surface area contributed by atoms with Crippen molar-refractivity contribution < 1.29 is 23.5 Å². The molecule has 16 heavy (non-hydrogen) atoms. The third kappa shape index (κ3) is 1.67. The Kier molecular flexibility index (Phi) is 2.43. The van der Waals surface area contributed by atoms with Crippen LogP contribution >= 0.6 is 0 Å². The minimum absolute atomic E-state index is 0.0121. The van der Waals surface area contributed by atoms with Crippen molar-refractivity contribution in [3.63, 3.8) is 0 Å². The summed E-state index contributed by atoms with van der Waals surface area (Å²) >= 11 is 0. The normalized spacial score (nSPS) is 13.5. The first kappa shape index (κ1) is 10.3. The molecule has 84 valence electrons. The van der Waals surface area contributed by atoms with Gasteiger partial charge in [0.05, 0.1) is 7.11 Å². The Morgan fingerprint density at radius 2 is 2.44 bits per heavy atom. The van der Waals surface area contributed by atoms with E-state index in [4.69, 9.17) is 4.74 Å². The molecule has 1 aromatic rings. The summed E-state index contributed by atoms with van der Waals surface area (Å²) in [5.41, 5.74) is -0.493. The lowest BCUT2D eigenvalue weighted by atomic mass is 10.3. The minimum atomic E-state index is -0.917. The SMILES string of the molecule is COC(=O)c1nc2c(cc1F)OCC(=O)N2. The van der Waals surface area contributed by atoms with E-state index in [0.29, 0.717) is 0 Å². The quantitative estimate of drug-likeness (QED) is 0.698. The molecule has 1 aromatic heterocycles. The highest BCUT2D eigenvalue weighted by Crippen LogP contribution is 2.27. The van der Waals surface area contributed by atoms with Crippen molar-refractivity contribution in [3.8, 4) is 5.75 Å². The second-order valence-electron chi connectivity index (χ2n) is 2.99. The average Bonchev–Trinajstić information content (AvgIpc) is 2.28. The van der Waals surface area contributed by atoms with Crippen molar-refractivity contribution in [1.29, 1.82) is 0 Å². The number of ether oxygens (including phenoxy) is 2. The number of esters is 1. The van der Waals surface area contributed by atoms with Crippen molar-refractivity contribution in [3.05, 3.63) is 17.6 Å². The molecule has 2 heterocycles. The van der Waals surface area contributed by atoms with Crippen LogP contribution in [0.2, 0.25) is 0 Å². The first-order valence-corrected chi connectivity index (χ1v) is 4.33. The fraction of sp³-hybridized carbons (Fsp3) is 0.222. The molecule has 0 atom stereocenters. The number of anilines is 1. The Hall–Kier alpha value is -2.18. The molecule has 1 aliphatic rings. The van der Waals surface area contributed by atoms with Gasteiger partial charge < -0.3 is 14.8 Å². The van der Waals surface area contributed by atoms with Crippen LogP contribution in [0, 0.1) is 5.82 Å².